The van der Waals surface area contributed by atoms with E-state index < -0.39 is 0 Å². The summed E-state index contributed by atoms with van der Waals surface area (Å²) in [5, 5.41) is 3.36. The van der Waals surface area contributed by atoms with Crippen LogP contribution in [0.5, 0.6) is 0 Å². The Morgan fingerprint density at radius 3 is 2.68 bits per heavy atom. The molecule has 0 radical (unpaired) electrons. The number of rotatable bonds is 3. The molecule has 0 spiro atoms. The minimum absolute atomic E-state index is 0.111. The van der Waals surface area contributed by atoms with Gasteiger partial charge in [0.25, 0.3) is 0 Å². The van der Waals surface area contributed by atoms with E-state index in [0.29, 0.717) is 16.6 Å². The van der Waals surface area contributed by atoms with Crippen molar-refractivity contribution in [3.63, 3.8) is 0 Å². The number of aromatic amines is 1. The minimum atomic E-state index is -0.111. The molecule has 22 heavy (non-hydrogen) atoms. The standard InChI is InChI=1S/C16H19N5O/c1-9-8-17-16(18-10(2)21(3)4)15-13(9)19-11-6-5-7-12(22)14(11)20-15/h5-8,10,17-18H,1-4H3. The molecule has 0 fully saturated rings. The number of hydrogen-bond acceptors (Lipinski definition) is 5. The van der Waals surface area contributed by atoms with E-state index in [9.17, 15) is 4.79 Å². The number of anilines is 1. The Hall–Kier alpha value is -2.47. The Kier molecular flexibility index (Phi) is 3.54. The van der Waals surface area contributed by atoms with Crippen molar-refractivity contribution in [1.29, 1.82) is 0 Å². The summed E-state index contributed by atoms with van der Waals surface area (Å²) >= 11 is 0. The Morgan fingerprint density at radius 1 is 1.18 bits per heavy atom. The maximum atomic E-state index is 12.0. The van der Waals surface area contributed by atoms with E-state index in [1.54, 1.807) is 6.07 Å². The van der Waals surface area contributed by atoms with Crippen LogP contribution in [0.1, 0.15) is 12.5 Å². The van der Waals surface area contributed by atoms with Crippen LogP contribution in [0.3, 0.4) is 0 Å². The first-order valence-electron chi connectivity index (χ1n) is 7.19. The molecule has 114 valence electrons. The van der Waals surface area contributed by atoms with Crippen molar-refractivity contribution in [2.24, 2.45) is 0 Å². The fourth-order valence-corrected chi connectivity index (χ4v) is 2.27. The first-order chi connectivity index (χ1) is 10.5. The van der Waals surface area contributed by atoms with Gasteiger partial charge in [-0.15, -0.1) is 0 Å². The molecule has 6 nitrogen and oxygen atoms in total. The van der Waals surface area contributed by atoms with E-state index in [1.807, 2.05) is 45.1 Å². The highest BCUT2D eigenvalue weighted by molar-refractivity contribution is 5.93. The normalized spacial score (nSPS) is 13.0. The van der Waals surface area contributed by atoms with E-state index in [0.717, 1.165) is 16.9 Å². The molecule has 0 aliphatic heterocycles. The molecule has 1 unspecified atom stereocenters. The molecule has 0 aliphatic rings. The minimum Gasteiger partial charge on any atom is -0.355 e. The second kappa shape index (κ2) is 5.38. The van der Waals surface area contributed by atoms with Gasteiger partial charge in [0.15, 0.2) is 0 Å². The lowest BCUT2D eigenvalue weighted by molar-refractivity contribution is 0.343. The molecule has 0 saturated carbocycles. The zero-order valence-electron chi connectivity index (χ0n) is 13.1. The summed E-state index contributed by atoms with van der Waals surface area (Å²) in [6, 6.07) is 5.04. The third-order valence-electron chi connectivity index (χ3n) is 3.83. The third-order valence-corrected chi connectivity index (χ3v) is 3.83. The van der Waals surface area contributed by atoms with Gasteiger partial charge in [-0.2, -0.15) is 0 Å². The molecule has 1 atom stereocenters. The van der Waals surface area contributed by atoms with Crippen LogP contribution in [0.15, 0.2) is 29.2 Å². The SMILES string of the molecule is Cc1c[nH]c(NC(C)N(C)C)c2nc3c(=O)cccc3nc12. The summed E-state index contributed by atoms with van der Waals surface area (Å²) < 4.78 is 0. The van der Waals surface area contributed by atoms with Crippen molar-refractivity contribution in [2.75, 3.05) is 19.4 Å². The molecule has 0 amide bonds. The molecule has 3 rings (SSSR count). The van der Waals surface area contributed by atoms with Gasteiger partial charge in [-0.3, -0.25) is 9.69 Å². The lowest BCUT2D eigenvalue weighted by Gasteiger charge is -2.22. The molecular weight excluding hydrogens is 278 g/mol. The van der Waals surface area contributed by atoms with Crippen molar-refractivity contribution >= 4 is 27.9 Å². The first kappa shape index (κ1) is 14.5. The number of para-hydroxylation sites is 1. The van der Waals surface area contributed by atoms with Crippen molar-refractivity contribution in [2.45, 2.75) is 20.0 Å². The van der Waals surface area contributed by atoms with Gasteiger partial charge < -0.3 is 10.3 Å². The van der Waals surface area contributed by atoms with Crippen LogP contribution in [0.2, 0.25) is 0 Å². The second-order valence-corrected chi connectivity index (χ2v) is 5.68. The summed E-state index contributed by atoms with van der Waals surface area (Å²) in [7, 11) is 3.98. The highest BCUT2D eigenvalue weighted by atomic mass is 16.1. The van der Waals surface area contributed by atoms with Crippen LogP contribution >= 0.6 is 0 Å². The molecule has 2 heterocycles. The Morgan fingerprint density at radius 2 is 1.95 bits per heavy atom. The van der Waals surface area contributed by atoms with Gasteiger partial charge in [0.05, 0.1) is 17.2 Å². The fraction of sp³-hybridized carbons (Fsp3) is 0.312. The van der Waals surface area contributed by atoms with Crippen LogP contribution in [-0.4, -0.2) is 40.1 Å². The highest BCUT2D eigenvalue weighted by Crippen LogP contribution is 2.23. The number of hydrogen-bond donors (Lipinski definition) is 2. The monoisotopic (exact) mass is 297 g/mol. The molecule has 2 aromatic heterocycles. The second-order valence-electron chi connectivity index (χ2n) is 5.68. The summed E-state index contributed by atoms with van der Waals surface area (Å²) in [4.78, 5) is 26.4. The zero-order chi connectivity index (χ0) is 15.9. The lowest BCUT2D eigenvalue weighted by Crippen LogP contribution is -2.32. The number of H-pyrrole nitrogens is 1. The van der Waals surface area contributed by atoms with E-state index in [4.69, 9.17) is 0 Å². The van der Waals surface area contributed by atoms with Crippen molar-refractivity contribution in [3.8, 4) is 0 Å². The van der Waals surface area contributed by atoms with Gasteiger partial charge in [-0.25, -0.2) is 9.97 Å². The van der Waals surface area contributed by atoms with Gasteiger partial charge in [0, 0.05) is 6.20 Å². The summed E-state index contributed by atoms with van der Waals surface area (Å²) in [6.45, 7) is 4.02. The number of nitrogens with one attached hydrogen (secondary N) is 2. The van der Waals surface area contributed by atoms with Crippen LogP contribution < -0.4 is 10.7 Å². The fourth-order valence-electron chi connectivity index (χ4n) is 2.27. The van der Waals surface area contributed by atoms with Gasteiger partial charge in [0.1, 0.15) is 16.9 Å². The van der Waals surface area contributed by atoms with Crippen LogP contribution in [-0.2, 0) is 0 Å². The average molecular weight is 297 g/mol. The smallest absolute Gasteiger partial charge is 0.206 e. The lowest BCUT2D eigenvalue weighted by atomic mass is 10.2. The molecular formula is C16H19N5O. The quantitative estimate of drug-likeness (QED) is 0.572. The summed E-state index contributed by atoms with van der Waals surface area (Å²) in [6.07, 6.45) is 2.01. The Labute approximate surface area is 128 Å². The van der Waals surface area contributed by atoms with E-state index >= 15 is 0 Å². The predicted octanol–water partition coefficient (Wildman–Crippen LogP) is 2.10. The molecule has 1 aromatic carbocycles. The van der Waals surface area contributed by atoms with E-state index in [1.165, 1.54) is 6.07 Å². The summed E-state index contributed by atoms with van der Waals surface area (Å²) in [5.41, 5.74) is 3.38. The van der Waals surface area contributed by atoms with Crippen LogP contribution in [0, 0.1) is 6.92 Å². The largest absolute Gasteiger partial charge is 0.355 e. The molecule has 0 saturated heterocycles. The number of fused-ring (bicyclic) bond motifs is 2. The Balaban J connectivity index is 2.28. The highest BCUT2D eigenvalue weighted by Gasteiger charge is 2.13. The van der Waals surface area contributed by atoms with Gasteiger partial charge in [0.2, 0.25) is 5.43 Å². The Bertz CT molecular complexity index is 900. The number of pyridine rings is 1. The third kappa shape index (κ3) is 2.42. The molecule has 3 aromatic rings. The van der Waals surface area contributed by atoms with Crippen molar-refractivity contribution in [3.05, 3.63) is 40.2 Å². The number of nitrogens with zero attached hydrogens (tertiary/aromatic N) is 3. The topological polar surface area (TPSA) is 73.9 Å². The molecule has 0 aliphatic carbocycles. The van der Waals surface area contributed by atoms with Crippen molar-refractivity contribution in [1.82, 2.24) is 19.9 Å². The average Bonchev–Trinajstić information content (AvgIpc) is 2.49. The van der Waals surface area contributed by atoms with Crippen LogP contribution in [0.4, 0.5) is 5.82 Å². The molecule has 2 N–H and O–H groups in total. The van der Waals surface area contributed by atoms with E-state index in [-0.39, 0.29) is 11.6 Å². The molecule has 0 bridgehead atoms. The van der Waals surface area contributed by atoms with Gasteiger partial charge in [-0.05, 0) is 45.6 Å². The van der Waals surface area contributed by atoms with E-state index in [2.05, 4.69) is 20.3 Å². The number of aromatic nitrogens is 3. The maximum Gasteiger partial charge on any atom is 0.206 e. The first-order valence-corrected chi connectivity index (χ1v) is 7.19. The number of benzene rings is 1. The van der Waals surface area contributed by atoms with Crippen molar-refractivity contribution < 1.29 is 0 Å². The number of aryl methyl sites for hydroxylation is 1. The van der Waals surface area contributed by atoms with Gasteiger partial charge in [-0.1, -0.05) is 6.07 Å². The molecule has 6 heteroatoms. The predicted molar refractivity (Wildman–Crippen MR) is 89.2 cm³/mol. The maximum absolute atomic E-state index is 12.0. The zero-order valence-corrected chi connectivity index (χ0v) is 13.1. The van der Waals surface area contributed by atoms with Crippen LogP contribution in [0.25, 0.3) is 22.1 Å². The summed E-state index contributed by atoms with van der Waals surface area (Å²) in [5.74, 6) is 0.763. The van der Waals surface area contributed by atoms with Gasteiger partial charge >= 0.3 is 0 Å².